The lowest BCUT2D eigenvalue weighted by Gasteiger charge is -2.21. The number of rotatable bonds is 11. The normalized spacial score (nSPS) is 13.3. The third-order valence-corrected chi connectivity index (χ3v) is 3.71. The van der Waals surface area contributed by atoms with Crippen LogP contribution in [0.1, 0.15) is 53.9 Å². The van der Waals surface area contributed by atoms with Crippen molar-refractivity contribution in [3.05, 3.63) is 0 Å². The maximum absolute atomic E-state index is 11.6. The van der Waals surface area contributed by atoms with Gasteiger partial charge >= 0.3 is 0 Å². The summed E-state index contributed by atoms with van der Waals surface area (Å²) in [6.45, 7) is 14.4. The van der Waals surface area contributed by atoms with Crippen molar-refractivity contribution in [3.8, 4) is 0 Å². The second-order valence-electron chi connectivity index (χ2n) is 6.19. The summed E-state index contributed by atoms with van der Waals surface area (Å²) in [7, 11) is 1.76. The molecule has 0 rings (SSSR count). The fraction of sp³-hybridized carbons (Fsp3) is 0.882. The number of carbonyl (C=O) groups is 1. The van der Waals surface area contributed by atoms with Gasteiger partial charge in [-0.1, -0.05) is 13.8 Å². The third kappa shape index (κ3) is 11.9. The maximum Gasteiger partial charge on any atom is 0.221 e. The van der Waals surface area contributed by atoms with E-state index in [0.717, 1.165) is 32.0 Å². The molecule has 0 spiro atoms. The molecule has 0 saturated carbocycles. The number of carbonyl (C=O) groups excluding carboxylic acids is 1. The van der Waals surface area contributed by atoms with Crippen molar-refractivity contribution in [2.45, 2.75) is 66.0 Å². The highest BCUT2D eigenvalue weighted by atomic mass is 16.1. The molecule has 0 aromatic rings. The molecular formula is C17H37N5O. The second-order valence-corrected chi connectivity index (χ2v) is 6.19. The summed E-state index contributed by atoms with van der Waals surface area (Å²) in [6.07, 6.45) is 2.73. The number of nitrogens with zero attached hydrogens (tertiary/aromatic N) is 2. The first-order valence-electron chi connectivity index (χ1n) is 8.91. The molecule has 1 amide bonds. The molecule has 0 aliphatic carbocycles. The topological polar surface area (TPSA) is 68.8 Å². The molecule has 0 aromatic carbocycles. The van der Waals surface area contributed by atoms with Gasteiger partial charge in [-0.15, -0.1) is 0 Å². The smallest absolute Gasteiger partial charge is 0.221 e. The maximum atomic E-state index is 11.6. The Balaban J connectivity index is 3.93. The average molecular weight is 328 g/mol. The zero-order valence-corrected chi connectivity index (χ0v) is 15.9. The predicted molar refractivity (Wildman–Crippen MR) is 98.9 cm³/mol. The van der Waals surface area contributed by atoms with E-state index < -0.39 is 0 Å². The van der Waals surface area contributed by atoms with E-state index in [1.165, 1.54) is 6.42 Å². The Kier molecular flexibility index (Phi) is 12.4. The predicted octanol–water partition coefficient (Wildman–Crippen LogP) is 1.58. The molecule has 6 heteroatoms. The van der Waals surface area contributed by atoms with E-state index in [-0.39, 0.29) is 11.9 Å². The summed E-state index contributed by atoms with van der Waals surface area (Å²) in [5.74, 6) is 0.827. The Bertz CT molecular complexity index is 340. The first kappa shape index (κ1) is 21.7. The number of hydrogen-bond acceptors (Lipinski definition) is 3. The number of hydrogen-bond donors (Lipinski definition) is 3. The zero-order chi connectivity index (χ0) is 17.7. The third-order valence-electron chi connectivity index (χ3n) is 3.71. The highest BCUT2D eigenvalue weighted by molar-refractivity contribution is 5.81. The summed E-state index contributed by atoms with van der Waals surface area (Å²) in [4.78, 5) is 18.2. The van der Waals surface area contributed by atoms with Gasteiger partial charge in [0.2, 0.25) is 5.91 Å². The van der Waals surface area contributed by atoms with Crippen LogP contribution < -0.4 is 16.0 Å². The van der Waals surface area contributed by atoms with Crippen molar-refractivity contribution in [1.29, 1.82) is 0 Å². The molecule has 0 aliphatic rings. The minimum absolute atomic E-state index is 0.0650. The van der Waals surface area contributed by atoms with Gasteiger partial charge in [-0.3, -0.25) is 9.79 Å². The second kappa shape index (κ2) is 13.2. The van der Waals surface area contributed by atoms with Crippen LogP contribution in [0.4, 0.5) is 0 Å². The first-order valence-corrected chi connectivity index (χ1v) is 8.91. The van der Waals surface area contributed by atoms with E-state index in [1.54, 1.807) is 7.05 Å². The van der Waals surface area contributed by atoms with Crippen molar-refractivity contribution >= 4 is 11.9 Å². The van der Waals surface area contributed by atoms with Gasteiger partial charge in [0.05, 0.1) is 0 Å². The van der Waals surface area contributed by atoms with Crippen LogP contribution in [0.25, 0.3) is 0 Å². The summed E-state index contributed by atoms with van der Waals surface area (Å²) in [5, 5.41) is 9.45. The van der Waals surface area contributed by atoms with Crippen molar-refractivity contribution < 1.29 is 4.79 Å². The van der Waals surface area contributed by atoms with Gasteiger partial charge in [0.1, 0.15) is 0 Å². The SMILES string of the molecule is CCN(CC)CCCC(C)NC(=NC)NCCC(=O)NC(C)C. The first-order chi connectivity index (χ1) is 10.9. The lowest BCUT2D eigenvalue weighted by Crippen LogP contribution is -2.43. The highest BCUT2D eigenvalue weighted by Crippen LogP contribution is 1.99. The van der Waals surface area contributed by atoms with E-state index >= 15 is 0 Å². The van der Waals surface area contributed by atoms with Crippen molar-refractivity contribution in [1.82, 2.24) is 20.9 Å². The van der Waals surface area contributed by atoms with E-state index in [9.17, 15) is 4.79 Å². The zero-order valence-electron chi connectivity index (χ0n) is 15.9. The molecule has 0 saturated heterocycles. The molecule has 0 aromatic heterocycles. The van der Waals surface area contributed by atoms with Gasteiger partial charge in [-0.25, -0.2) is 0 Å². The summed E-state index contributed by atoms with van der Waals surface area (Å²) >= 11 is 0. The fourth-order valence-corrected chi connectivity index (χ4v) is 2.35. The molecule has 0 heterocycles. The van der Waals surface area contributed by atoms with Crippen LogP contribution in [0.3, 0.4) is 0 Å². The van der Waals surface area contributed by atoms with Crippen molar-refractivity contribution in [2.75, 3.05) is 33.2 Å². The Morgan fingerprint density at radius 2 is 1.78 bits per heavy atom. The quantitative estimate of drug-likeness (QED) is 0.398. The monoisotopic (exact) mass is 327 g/mol. The summed E-state index contributed by atoms with van der Waals surface area (Å²) in [5.41, 5.74) is 0. The van der Waals surface area contributed by atoms with E-state index in [0.29, 0.717) is 19.0 Å². The molecule has 0 bridgehead atoms. The molecule has 0 aliphatic heterocycles. The van der Waals surface area contributed by atoms with Crippen LogP contribution in [0.2, 0.25) is 0 Å². The number of amides is 1. The largest absolute Gasteiger partial charge is 0.356 e. The van der Waals surface area contributed by atoms with Gasteiger partial charge in [0.25, 0.3) is 0 Å². The van der Waals surface area contributed by atoms with Gasteiger partial charge in [0, 0.05) is 32.1 Å². The summed E-state index contributed by atoms with van der Waals surface area (Å²) in [6, 6.07) is 0.548. The standard InChI is InChI=1S/C17H37N5O/c1-7-22(8-2)13-9-10-15(5)21-17(18-6)19-12-11-16(23)20-14(3)4/h14-15H,7-13H2,1-6H3,(H,20,23)(H2,18,19,21). The van der Waals surface area contributed by atoms with Crippen LogP contribution in [0, 0.1) is 0 Å². The molecule has 3 N–H and O–H groups in total. The molecule has 23 heavy (non-hydrogen) atoms. The van der Waals surface area contributed by atoms with Crippen LogP contribution in [-0.2, 0) is 4.79 Å². The molecule has 0 radical (unpaired) electrons. The van der Waals surface area contributed by atoms with Crippen molar-refractivity contribution in [2.24, 2.45) is 4.99 Å². The minimum Gasteiger partial charge on any atom is -0.356 e. The fourth-order valence-electron chi connectivity index (χ4n) is 2.35. The Morgan fingerprint density at radius 1 is 1.13 bits per heavy atom. The molecule has 1 unspecified atom stereocenters. The van der Waals surface area contributed by atoms with Crippen LogP contribution in [0.15, 0.2) is 4.99 Å². The van der Waals surface area contributed by atoms with E-state index in [1.807, 2.05) is 13.8 Å². The molecular weight excluding hydrogens is 290 g/mol. The van der Waals surface area contributed by atoms with Crippen LogP contribution in [-0.4, -0.2) is 62.1 Å². The lowest BCUT2D eigenvalue weighted by atomic mass is 10.2. The Labute approximate surface area is 142 Å². The van der Waals surface area contributed by atoms with Gasteiger partial charge in [-0.2, -0.15) is 0 Å². The molecule has 136 valence electrons. The number of guanidine groups is 1. The van der Waals surface area contributed by atoms with E-state index in [4.69, 9.17) is 0 Å². The highest BCUT2D eigenvalue weighted by Gasteiger charge is 2.07. The van der Waals surface area contributed by atoms with Crippen LogP contribution in [0.5, 0.6) is 0 Å². The average Bonchev–Trinajstić information content (AvgIpc) is 2.49. The Hall–Kier alpha value is -1.30. The van der Waals surface area contributed by atoms with Crippen molar-refractivity contribution in [3.63, 3.8) is 0 Å². The molecule has 0 fully saturated rings. The minimum atomic E-state index is 0.0650. The van der Waals surface area contributed by atoms with Gasteiger partial charge in [0.15, 0.2) is 5.96 Å². The number of aliphatic imine (C=N–C) groups is 1. The van der Waals surface area contributed by atoms with Crippen LogP contribution >= 0.6 is 0 Å². The number of nitrogens with one attached hydrogen (secondary N) is 3. The molecule has 6 nitrogen and oxygen atoms in total. The Morgan fingerprint density at radius 3 is 2.30 bits per heavy atom. The summed E-state index contributed by atoms with van der Waals surface area (Å²) < 4.78 is 0. The van der Waals surface area contributed by atoms with Gasteiger partial charge < -0.3 is 20.9 Å². The molecule has 1 atom stereocenters. The van der Waals surface area contributed by atoms with E-state index in [2.05, 4.69) is 46.6 Å². The van der Waals surface area contributed by atoms with Gasteiger partial charge in [-0.05, 0) is 53.2 Å². The lowest BCUT2D eigenvalue weighted by molar-refractivity contribution is -0.121.